The predicted molar refractivity (Wildman–Crippen MR) is 119 cm³/mol. The first-order valence-electron chi connectivity index (χ1n) is 8.05. The molecule has 0 saturated heterocycles. The zero-order valence-corrected chi connectivity index (χ0v) is 18.0. The van der Waals surface area contributed by atoms with E-state index in [1.54, 1.807) is 0 Å². The first-order chi connectivity index (χ1) is 13.4. The summed E-state index contributed by atoms with van der Waals surface area (Å²) in [5, 5.41) is 8.63. The molecule has 1 aromatic heterocycles. The highest BCUT2D eigenvalue weighted by Gasteiger charge is 2.18. The Kier molecular flexibility index (Phi) is 6.51. The molecule has 0 aliphatic carbocycles. The quantitative estimate of drug-likeness (QED) is 0.508. The number of carbonyl (C=O) groups excluding carboxylic acids is 1. The number of hydrogen-bond acceptors (Lipinski definition) is 5. The zero-order valence-electron chi connectivity index (χ0n) is 14.9. The number of hydrogen-bond donors (Lipinski definition) is 2. The summed E-state index contributed by atoms with van der Waals surface area (Å²) in [6.07, 6.45) is 0. The molecule has 0 aliphatic rings. The minimum absolute atomic E-state index is 0.105. The molecule has 144 valence electrons. The Labute approximate surface area is 181 Å². The summed E-state index contributed by atoms with van der Waals surface area (Å²) in [5.41, 5.74) is 3.19. The number of rotatable bonds is 4. The number of aryl methyl sites for hydroxylation is 1. The van der Waals surface area contributed by atoms with Crippen LogP contribution in [0.5, 0.6) is 5.75 Å². The van der Waals surface area contributed by atoms with Gasteiger partial charge in [-0.15, -0.1) is 11.3 Å². The summed E-state index contributed by atoms with van der Waals surface area (Å²) in [6, 6.07) is 11.0. The summed E-state index contributed by atoms with van der Waals surface area (Å²) in [5.74, 6) is -0.267. The summed E-state index contributed by atoms with van der Waals surface area (Å²) in [6.45, 7) is 2.03. The maximum atomic E-state index is 12.5. The summed E-state index contributed by atoms with van der Waals surface area (Å²) in [7, 11) is 1.42. The fourth-order valence-electron chi connectivity index (χ4n) is 2.42. The standard InChI is InChI=1S/C19H15Cl2N3O2S2/c1-10-3-5-11(6-4-10)15-9-28-19(22-15)24-18(27)23-17(25)13-7-12(20)8-14(21)16(13)26-2/h3-9H,1-2H3,(H2,22,23,24,25,27). The van der Waals surface area contributed by atoms with Crippen LogP contribution in [0.15, 0.2) is 41.8 Å². The maximum Gasteiger partial charge on any atom is 0.261 e. The molecule has 0 aliphatic heterocycles. The Balaban J connectivity index is 1.70. The van der Waals surface area contributed by atoms with Gasteiger partial charge in [0.15, 0.2) is 10.2 Å². The van der Waals surface area contributed by atoms with Crippen LogP contribution < -0.4 is 15.4 Å². The van der Waals surface area contributed by atoms with Crippen LogP contribution in [-0.4, -0.2) is 23.1 Å². The highest BCUT2D eigenvalue weighted by Crippen LogP contribution is 2.32. The molecule has 5 nitrogen and oxygen atoms in total. The van der Waals surface area contributed by atoms with E-state index < -0.39 is 5.91 Å². The SMILES string of the molecule is COc1c(Cl)cc(Cl)cc1C(=O)NC(=S)Nc1nc(-c2ccc(C)cc2)cs1. The minimum Gasteiger partial charge on any atom is -0.494 e. The fraction of sp³-hybridized carbons (Fsp3) is 0.105. The van der Waals surface area contributed by atoms with Gasteiger partial charge >= 0.3 is 0 Å². The van der Waals surface area contributed by atoms with Crippen molar-refractivity contribution in [2.75, 3.05) is 12.4 Å². The van der Waals surface area contributed by atoms with E-state index in [4.69, 9.17) is 40.2 Å². The number of ether oxygens (including phenoxy) is 1. The third-order valence-corrected chi connectivity index (χ3v) is 5.22. The van der Waals surface area contributed by atoms with Crippen LogP contribution in [0.4, 0.5) is 5.13 Å². The van der Waals surface area contributed by atoms with Gasteiger partial charge in [-0.05, 0) is 31.3 Å². The normalized spacial score (nSPS) is 10.4. The molecular formula is C19H15Cl2N3O2S2. The number of amides is 1. The number of aromatic nitrogens is 1. The van der Waals surface area contributed by atoms with Crippen LogP contribution in [0.1, 0.15) is 15.9 Å². The van der Waals surface area contributed by atoms with Crippen molar-refractivity contribution in [2.45, 2.75) is 6.92 Å². The van der Waals surface area contributed by atoms with Crippen LogP contribution in [0, 0.1) is 6.92 Å². The molecule has 0 saturated carbocycles. The molecule has 9 heteroatoms. The molecular weight excluding hydrogens is 437 g/mol. The lowest BCUT2D eigenvalue weighted by Gasteiger charge is -2.12. The van der Waals surface area contributed by atoms with Gasteiger partial charge in [-0.25, -0.2) is 4.98 Å². The average molecular weight is 452 g/mol. The van der Waals surface area contributed by atoms with Gasteiger partial charge in [0.2, 0.25) is 0 Å². The molecule has 0 bridgehead atoms. The highest BCUT2D eigenvalue weighted by molar-refractivity contribution is 7.80. The van der Waals surface area contributed by atoms with Gasteiger partial charge in [-0.3, -0.25) is 10.1 Å². The van der Waals surface area contributed by atoms with Gasteiger partial charge in [0.25, 0.3) is 5.91 Å². The van der Waals surface area contributed by atoms with Crippen molar-refractivity contribution in [3.8, 4) is 17.0 Å². The van der Waals surface area contributed by atoms with Crippen LogP contribution in [0.3, 0.4) is 0 Å². The zero-order chi connectivity index (χ0) is 20.3. The van der Waals surface area contributed by atoms with E-state index in [9.17, 15) is 4.79 Å². The van der Waals surface area contributed by atoms with Crippen molar-refractivity contribution in [3.05, 3.63) is 63.0 Å². The third-order valence-electron chi connectivity index (χ3n) is 3.76. The topological polar surface area (TPSA) is 63.2 Å². The van der Waals surface area contributed by atoms with Gasteiger partial charge < -0.3 is 10.1 Å². The van der Waals surface area contributed by atoms with Crippen molar-refractivity contribution in [1.29, 1.82) is 0 Å². The lowest BCUT2D eigenvalue weighted by atomic mass is 10.1. The van der Waals surface area contributed by atoms with Gasteiger partial charge in [0, 0.05) is 16.0 Å². The summed E-state index contributed by atoms with van der Waals surface area (Å²) >= 11 is 18.7. The number of thiocarbonyl (C=S) groups is 1. The van der Waals surface area contributed by atoms with E-state index in [1.807, 2.05) is 36.6 Å². The van der Waals surface area contributed by atoms with Gasteiger partial charge in [0.05, 0.1) is 23.4 Å². The maximum absolute atomic E-state index is 12.5. The molecule has 2 N–H and O–H groups in total. The second kappa shape index (κ2) is 8.87. The van der Waals surface area contributed by atoms with Crippen LogP contribution in [0.2, 0.25) is 10.0 Å². The Morgan fingerprint density at radius 3 is 2.61 bits per heavy atom. The number of halogens is 2. The Bertz CT molecular complexity index is 1040. The second-order valence-corrected chi connectivity index (χ2v) is 7.89. The fourth-order valence-corrected chi connectivity index (χ4v) is 3.97. The lowest BCUT2D eigenvalue weighted by Crippen LogP contribution is -2.34. The number of thiazole rings is 1. The van der Waals surface area contributed by atoms with Crippen LogP contribution in [-0.2, 0) is 0 Å². The van der Waals surface area contributed by atoms with Crippen molar-refractivity contribution >= 4 is 62.9 Å². The molecule has 0 fully saturated rings. The highest BCUT2D eigenvalue weighted by atomic mass is 35.5. The van der Waals surface area contributed by atoms with E-state index in [0.29, 0.717) is 10.2 Å². The molecule has 0 unspecified atom stereocenters. The number of anilines is 1. The van der Waals surface area contributed by atoms with Crippen molar-refractivity contribution in [2.24, 2.45) is 0 Å². The predicted octanol–water partition coefficient (Wildman–Crippen LogP) is 5.56. The Morgan fingerprint density at radius 1 is 1.21 bits per heavy atom. The molecule has 2 aromatic carbocycles. The Morgan fingerprint density at radius 2 is 1.93 bits per heavy atom. The second-order valence-electron chi connectivity index (χ2n) is 5.78. The van der Waals surface area contributed by atoms with Crippen LogP contribution in [0.25, 0.3) is 11.3 Å². The molecule has 3 aromatic rings. The molecule has 1 amide bonds. The van der Waals surface area contributed by atoms with Crippen molar-refractivity contribution < 1.29 is 9.53 Å². The lowest BCUT2D eigenvalue weighted by molar-refractivity contribution is 0.0975. The molecule has 1 heterocycles. The molecule has 0 radical (unpaired) electrons. The van der Waals surface area contributed by atoms with E-state index in [-0.39, 0.29) is 21.4 Å². The average Bonchev–Trinajstić information content (AvgIpc) is 3.09. The van der Waals surface area contributed by atoms with Crippen molar-refractivity contribution in [1.82, 2.24) is 10.3 Å². The monoisotopic (exact) mass is 451 g/mol. The smallest absolute Gasteiger partial charge is 0.261 e. The number of nitrogens with one attached hydrogen (secondary N) is 2. The molecule has 28 heavy (non-hydrogen) atoms. The number of carbonyl (C=O) groups is 1. The Hall–Kier alpha value is -2.19. The summed E-state index contributed by atoms with van der Waals surface area (Å²) in [4.78, 5) is 17.0. The van der Waals surface area contributed by atoms with E-state index in [0.717, 1.165) is 11.3 Å². The number of nitrogens with zero attached hydrogens (tertiary/aromatic N) is 1. The molecule has 0 spiro atoms. The number of benzene rings is 2. The van der Waals surface area contributed by atoms with Gasteiger partial charge in [-0.2, -0.15) is 0 Å². The van der Waals surface area contributed by atoms with E-state index in [2.05, 4.69) is 15.6 Å². The molecule has 0 atom stereocenters. The molecule has 3 rings (SSSR count). The number of methoxy groups -OCH3 is 1. The van der Waals surface area contributed by atoms with Crippen molar-refractivity contribution in [3.63, 3.8) is 0 Å². The van der Waals surface area contributed by atoms with Crippen LogP contribution >= 0.6 is 46.8 Å². The van der Waals surface area contributed by atoms with E-state index in [1.165, 1.54) is 36.1 Å². The third kappa shape index (κ3) is 4.80. The first kappa shape index (κ1) is 20.5. The minimum atomic E-state index is -0.492. The summed E-state index contributed by atoms with van der Waals surface area (Å²) < 4.78 is 5.19. The van der Waals surface area contributed by atoms with E-state index >= 15 is 0 Å². The van der Waals surface area contributed by atoms with Gasteiger partial charge in [0.1, 0.15) is 5.75 Å². The first-order valence-corrected chi connectivity index (χ1v) is 10.1. The van der Waals surface area contributed by atoms with Gasteiger partial charge in [-0.1, -0.05) is 53.0 Å². The largest absolute Gasteiger partial charge is 0.494 e.